The van der Waals surface area contributed by atoms with E-state index in [1.54, 1.807) is 6.92 Å². The van der Waals surface area contributed by atoms with Crippen molar-refractivity contribution in [2.24, 2.45) is 0 Å². The highest BCUT2D eigenvalue weighted by atomic mass is 19.4. The Balaban J connectivity index is 2.81. The SMILES string of the molecule is CCOC(=O)c1cccnc1NCC(F)(F)F. The lowest BCUT2D eigenvalue weighted by molar-refractivity contribution is -0.115. The predicted octanol–water partition coefficient (Wildman–Crippen LogP) is 2.23. The van der Waals surface area contributed by atoms with Crippen molar-refractivity contribution in [3.63, 3.8) is 0 Å². The van der Waals surface area contributed by atoms with E-state index in [0.29, 0.717) is 0 Å². The Labute approximate surface area is 95.8 Å². The van der Waals surface area contributed by atoms with Crippen LogP contribution in [0, 0.1) is 0 Å². The van der Waals surface area contributed by atoms with Crippen LogP contribution >= 0.6 is 0 Å². The van der Waals surface area contributed by atoms with Crippen molar-refractivity contribution >= 4 is 11.8 Å². The van der Waals surface area contributed by atoms with Gasteiger partial charge in [-0.3, -0.25) is 0 Å². The number of nitrogens with zero attached hydrogens (tertiary/aromatic N) is 1. The number of esters is 1. The first-order chi connectivity index (χ1) is 7.94. The minimum absolute atomic E-state index is 0.0152. The summed E-state index contributed by atoms with van der Waals surface area (Å²) in [4.78, 5) is 15.1. The number of alkyl halides is 3. The van der Waals surface area contributed by atoms with E-state index in [0.717, 1.165) is 0 Å². The van der Waals surface area contributed by atoms with E-state index in [1.165, 1.54) is 18.3 Å². The van der Waals surface area contributed by atoms with Crippen LogP contribution in [0.3, 0.4) is 0 Å². The molecule has 1 N–H and O–H groups in total. The van der Waals surface area contributed by atoms with E-state index >= 15 is 0 Å². The van der Waals surface area contributed by atoms with E-state index in [9.17, 15) is 18.0 Å². The van der Waals surface area contributed by atoms with Crippen LogP contribution in [0.15, 0.2) is 18.3 Å². The fraction of sp³-hybridized carbons (Fsp3) is 0.400. The third kappa shape index (κ3) is 4.29. The van der Waals surface area contributed by atoms with Crippen LogP contribution in [-0.2, 0) is 4.74 Å². The second-order valence-electron chi connectivity index (χ2n) is 3.09. The number of carbonyl (C=O) groups is 1. The molecule has 0 atom stereocenters. The normalized spacial score (nSPS) is 11.1. The number of nitrogens with one attached hydrogen (secondary N) is 1. The van der Waals surface area contributed by atoms with Crippen molar-refractivity contribution in [2.75, 3.05) is 18.5 Å². The Morgan fingerprint density at radius 3 is 2.82 bits per heavy atom. The fourth-order valence-electron chi connectivity index (χ4n) is 1.10. The smallest absolute Gasteiger partial charge is 0.405 e. The zero-order valence-electron chi connectivity index (χ0n) is 9.04. The number of rotatable bonds is 4. The molecule has 1 heterocycles. The summed E-state index contributed by atoms with van der Waals surface area (Å²) in [7, 11) is 0. The Kier molecular flexibility index (Phi) is 4.30. The molecule has 0 bridgehead atoms. The summed E-state index contributed by atoms with van der Waals surface area (Å²) in [6.07, 6.45) is -3.08. The minimum atomic E-state index is -4.37. The molecular formula is C10H11F3N2O2. The topological polar surface area (TPSA) is 51.2 Å². The Hall–Kier alpha value is -1.79. The molecule has 1 aromatic heterocycles. The zero-order chi connectivity index (χ0) is 12.9. The molecule has 0 unspecified atom stereocenters. The summed E-state index contributed by atoms with van der Waals surface area (Å²) in [5, 5.41) is 2.06. The quantitative estimate of drug-likeness (QED) is 0.830. The lowest BCUT2D eigenvalue weighted by Crippen LogP contribution is -2.23. The number of hydrogen-bond acceptors (Lipinski definition) is 4. The van der Waals surface area contributed by atoms with Crippen molar-refractivity contribution in [1.29, 1.82) is 0 Å². The van der Waals surface area contributed by atoms with Gasteiger partial charge in [0.2, 0.25) is 0 Å². The molecule has 0 amide bonds. The molecule has 0 fully saturated rings. The first-order valence-electron chi connectivity index (χ1n) is 4.87. The standard InChI is InChI=1S/C10H11F3N2O2/c1-2-17-9(16)7-4-3-5-14-8(7)15-6-10(11,12)13/h3-5H,2,6H2,1H3,(H,14,15). The van der Waals surface area contributed by atoms with Gasteiger partial charge in [0.1, 0.15) is 17.9 Å². The maximum Gasteiger partial charge on any atom is 0.405 e. The summed E-state index contributed by atoms with van der Waals surface area (Å²) in [6, 6.07) is 2.80. The second kappa shape index (κ2) is 5.51. The zero-order valence-corrected chi connectivity index (χ0v) is 9.04. The Bertz CT molecular complexity index is 393. The maximum atomic E-state index is 12.0. The maximum absolute atomic E-state index is 12.0. The van der Waals surface area contributed by atoms with Gasteiger partial charge in [-0.15, -0.1) is 0 Å². The molecule has 0 saturated heterocycles. The highest BCUT2D eigenvalue weighted by Crippen LogP contribution is 2.18. The number of ether oxygens (including phenoxy) is 1. The molecule has 0 aliphatic heterocycles. The molecule has 1 rings (SSSR count). The van der Waals surface area contributed by atoms with Crippen molar-refractivity contribution in [2.45, 2.75) is 13.1 Å². The van der Waals surface area contributed by atoms with Gasteiger partial charge in [-0.1, -0.05) is 0 Å². The molecule has 4 nitrogen and oxygen atoms in total. The molecule has 0 radical (unpaired) electrons. The molecular weight excluding hydrogens is 237 g/mol. The van der Waals surface area contributed by atoms with E-state index in [2.05, 4.69) is 10.3 Å². The molecule has 0 spiro atoms. The van der Waals surface area contributed by atoms with Crippen molar-refractivity contribution in [3.8, 4) is 0 Å². The predicted molar refractivity (Wildman–Crippen MR) is 54.7 cm³/mol. The number of pyridine rings is 1. The summed E-state index contributed by atoms with van der Waals surface area (Å²) < 4.78 is 40.7. The minimum Gasteiger partial charge on any atom is -0.462 e. The summed E-state index contributed by atoms with van der Waals surface area (Å²) in [5.74, 6) is -0.839. The van der Waals surface area contributed by atoms with Gasteiger partial charge in [-0.05, 0) is 19.1 Å². The monoisotopic (exact) mass is 248 g/mol. The number of carbonyl (C=O) groups excluding carboxylic acids is 1. The van der Waals surface area contributed by atoms with Crippen LogP contribution in [0.2, 0.25) is 0 Å². The van der Waals surface area contributed by atoms with Crippen molar-refractivity contribution in [1.82, 2.24) is 4.98 Å². The molecule has 7 heteroatoms. The van der Waals surface area contributed by atoms with Gasteiger partial charge in [0.25, 0.3) is 0 Å². The first kappa shape index (κ1) is 13.3. The Morgan fingerprint density at radius 2 is 2.24 bits per heavy atom. The molecule has 0 aromatic carbocycles. The molecule has 0 aliphatic carbocycles. The van der Waals surface area contributed by atoms with Crippen LogP contribution < -0.4 is 5.32 Å². The number of halogens is 3. The van der Waals surface area contributed by atoms with Crippen LogP contribution in [0.1, 0.15) is 17.3 Å². The van der Waals surface area contributed by atoms with Crippen LogP contribution in [0.5, 0.6) is 0 Å². The lowest BCUT2D eigenvalue weighted by atomic mass is 10.2. The van der Waals surface area contributed by atoms with Gasteiger partial charge in [-0.2, -0.15) is 13.2 Å². The van der Waals surface area contributed by atoms with Crippen molar-refractivity contribution < 1.29 is 22.7 Å². The van der Waals surface area contributed by atoms with E-state index in [-0.39, 0.29) is 18.0 Å². The van der Waals surface area contributed by atoms with Gasteiger partial charge in [0, 0.05) is 6.20 Å². The van der Waals surface area contributed by atoms with E-state index in [4.69, 9.17) is 4.74 Å². The average Bonchev–Trinajstić information content (AvgIpc) is 2.26. The van der Waals surface area contributed by atoms with Gasteiger partial charge in [-0.25, -0.2) is 9.78 Å². The van der Waals surface area contributed by atoms with Gasteiger partial charge in [0.05, 0.1) is 6.61 Å². The molecule has 0 saturated carbocycles. The molecule has 0 aliphatic rings. The van der Waals surface area contributed by atoms with Gasteiger partial charge >= 0.3 is 12.1 Å². The average molecular weight is 248 g/mol. The number of hydrogen-bond donors (Lipinski definition) is 1. The lowest BCUT2D eigenvalue weighted by Gasteiger charge is -2.11. The number of aromatic nitrogens is 1. The van der Waals surface area contributed by atoms with Crippen molar-refractivity contribution in [3.05, 3.63) is 23.9 Å². The highest BCUT2D eigenvalue weighted by molar-refractivity contribution is 5.94. The first-order valence-corrected chi connectivity index (χ1v) is 4.87. The molecule has 94 valence electrons. The largest absolute Gasteiger partial charge is 0.462 e. The van der Waals surface area contributed by atoms with Crippen LogP contribution in [0.25, 0.3) is 0 Å². The van der Waals surface area contributed by atoms with E-state index < -0.39 is 18.7 Å². The van der Waals surface area contributed by atoms with Gasteiger partial charge < -0.3 is 10.1 Å². The molecule has 1 aromatic rings. The molecule has 17 heavy (non-hydrogen) atoms. The highest BCUT2D eigenvalue weighted by Gasteiger charge is 2.27. The third-order valence-electron chi connectivity index (χ3n) is 1.76. The van der Waals surface area contributed by atoms with Crippen LogP contribution in [0.4, 0.5) is 19.0 Å². The summed E-state index contributed by atoms with van der Waals surface area (Å²) >= 11 is 0. The van der Waals surface area contributed by atoms with E-state index in [1.807, 2.05) is 0 Å². The summed E-state index contributed by atoms with van der Waals surface area (Å²) in [6.45, 7) is 0.500. The fourth-order valence-corrected chi connectivity index (χ4v) is 1.10. The number of anilines is 1. The van der Waals surface area contributed by atoms with Crippen LogP contribution in [-0.4, -0.2) is 30.3 Å². The Morgan fingerprint density at radius 1 is 1.53 bits per heavy atom. The second-order valence-corrected chi connectivity index (χ2v) is 3.09. The van der Waals surface area contributed by atoms with Gasteiger partial charge in [0.15, 0.2) is 0 Å². The summed E-state index contributed by atoms with van der Waals surface area (Å²) in [5.41, 5.74) is -0.0152. The third-order valence-corrected chi connectivity index (χ3v) is 1.76.